The molecule has 0 fully saturated rings. The first-order valence-electron chi connectivity index (χ1n) is 10.9. The summed E-state index contributed by atoms with van der Waals surface area (Å²) in [4.78, 5) is 60.4. The van der Waals surface area contributed by atoms with Crippen molar-refractivity contribution in [3.8, 4) is 0 Å². The minimum absolute atomic E-state index is 0.0799. The van der Waals surface area contributed by atoms with Gasteiger partial charge in [0.1, 0.15) is 18.6 Å². The molecule has 186 valence electrons. The van der Waals surface area contributed by atoms with Crippen LogP contribution in [-0.4, -0.2) is 59.4 Å². The first-order valence-corrected chi connectivity index (χ1v) is 10.9. The van der Waals surface area contributed by atoms with Crippen LogP contribution in [0, 0.1) is 0 Å². The second-order valence-corrected chi connectivity index (χ2v) is 7.89. The number of carboxylic acid groups (broad SMARTS) is 1. The van der Waals surface area contributed by atoms with Gasteiger partial charge >= 0.3 is 5.97 Å². The summed E-state index contributed by atoms with van der Waals surface area (Å²) in [6.07, 6.45) is -0.235. The molecule has 4 amide bonds. The Balaban J connectivity index is 2.16. The standard InChI is InChI=1S/C24H29N5O6/c25-17(11-15-7-3-1-4-8-15)22(33)28-18(12-16-9-5-2-6-10-16)24(35)29-19(13-20(26)30)23(34)27-14-21(31)32/h1-10,17-19H,11-14,25H2,(H2,26,30)(H,27,34)(H,28,33)(H,29,35)(H,31,32). The maximum atomic E-state index is 13.1. The van der Waals surface area contributed by atoms with Gasteiger partial charge in [0.2, 0.25) is 23.6 Å². The van der Waals surface area contributed by atoms with Crippen LogP contribution in [0.4, 0.5) is 0 Å². The molecule has 3 unspecified atom stereocenters. The molecule has 3 atom stereocenters. The normalized spacial score (nSPS) is 13.1. The van der Waals surface area contributed by atoms with Crippen molar-refractivity contribution in [3.05, 3.63) is 71.8 Å². The fourth-order valence-electron chi connectivity index (χ4n) is 3.27. The smallest absolute Gasteiger partial charge is 0.322 e. The number of hydrogen-bond donors (Lipinski definition) is 6. The maximum Gasteiger partial charge on any atom is 0.322 e. The molecular formula is C24H29N5O6. The predicted molar refractivity (Wildman–Crippen MR) is 127 cm³/mol. The third-order valence-corrected chi connectivity index (χ3v) is 5.00. The highest BCUT2D eigenvalue weighted by Crippen LogP contribution is 2.07. The van der Waals surface area contributed by atoms with Gasteiger partial charge in [0, 0.05) is 6.42 Å². The summed E-state index contributed by atoms with van der Waals surface area (Å²) >= 11 is 0. The number of carboxylic acids is 1. The molecule has 0 radical (unpaired) electrons. The van der Waals surface area contributed by atoms with Crippen LogP contribution in [0.1, 0.15) is 17.5 Å². The Kier molecular flexibility index (Phi) is 10.4. The zero-order valence-corrected chi connectivity index (χ0v) is 19.0. The number of amides is 4. The van der Waals surface area contributed by atoms with Crippen LogP contribution < -0.4 is 27.4 Å². The molecule has 0 aliphatic carbocycles. The number of carbonyl (C=O) groups excluding carboxylic acids is 4. The van der Waals surface area contributed by atoms with Crippen LogP contribution in [-0.2, 0) is 36.8 Å². The molecule has 2 aromatic carbocycles. The molecule has 0 bridgehead atoms. The second-order valence-electron chi connectivity index (χ2n) is 7.89. The zero-order chi connectivity index (χ0) is 25.8. The summed E-state index contributed by atoms with van der Waals surface area (Å²) in [6, 6.07) is 14.5. The molecule has 0 spiro atoms. The van der Waals surface area contributed by atoms with Gasteiger partial charge in [-0.15, -0.1) is 0 Å². The Bertz CT molecular complexity index is 1030. The highest BCUT2D eigenvalue weighted by molar-refractivity contribution is 5.95. The molecule has 0 saturated carbocycles. The molecule has 2 rings (SSSR count). The average molecular weight is 484 g/mol. The molecule has 0 heterocycles. The molecule has 0 aliphatic rings. The maximum absolute atomic E-state index is 13.1. The second kappa shape index (κ2) is 13.5. The van der Waals surface area contributed by atoms with Crippen molar-refractivity contribution in [1.82, 2.24) is 16.0 Å². The lowest BCUT2D eigenvalue weighted by Crippen LogP contribution is -2.57. The van der Waals surface area contributed by atoms with E-state index in [4.69, 9.17) is 16.6 Å². The van der Waals surface area contributed by atoms with Gasteiger partial charge in [-0.3, -0.25) is 24.0 Å². The minimum Gasteiger partial charge on any atom is -0.480 e. The number of rotatable bonds is 13. The van der Waals surface area contributed by atoms with E-state index in [-0.39, 0.29) is 12.8 Å². The Morgan fingerprint density at radius 2 is 1.26 bits per heavy atom. The van der Waals surface area contributed by atoms with Gasteiger partial charge in [0.15, 0.2) is 0 Å². The molecule has 0 aromatic heterocycles. The van der Waals surface area contributed by atoms with Crippen molar-refractivity contribution in [2.24, 2.45) is 11.5 Å². The number of aliphatic carboxylic acids is 1. The highest BCUT2D eigenvalue weighted by Gasteiger charge is 2.29. The number of nitrogens with one attached hydrogen (secondary N) is 3. The summed E-state index contributed by atoms with van der Waals surface area (Å²) < 4.78 is 0. The highest BCUT2D eigenvalue weighted by atomic mass is 16.4. The molecule has 0 saturated heterocycles. The van der Waals surface area contributed by atoms with Crippen LogP contribution >= 0.6 is 0 Å². The Hall–Kier alpha value is -4.25. The first-order chi connectivity index (χ1) is 16.7. The lowest BCUT2D eigenvalue weighted by molar-refractivity contribution is -0.138. The van der Waals surface area contributed by atoms with E-state index in [1.165, 1.54) is 0 Å². The van der Waals surface area contributed by atoms with Crippen LogP contribution in [0.3, 0.4) is 0 Å². The number of carbonyl (C=O) groups is 5. The molecular weight excluding hydrogens is 454 g/mol. The van der Waals surface area contributed by atoms with Crippen molar-refractivity contribution < 1.29 is 29.1 Å². The van der Waals surface area contributed by atoms with Crippen LogP contribution in [0.25, 0.3) is 0 Å². The molecule has 11 nitrogen and oxygen atoms in total. The summed E-state index contributed by atoms with van der Waals surface area (Å²) in [5.41, 5.74) is 12.8. The van der Waals surface area contributed by atoms with Crippen molar-refractivity contribution in [2.75, 3.05) is 6.54 Å². The summed E-state index contributed by atoms with van der Waals surface area (Å²) in [5.74, 6) is -4.42. The first kappa shape index (κ1) is 27.0. The van der Waals surface area contributed by atoms with E-state index in [2.05, 4.69) is 16.0 Å². The SMILES string of the molecule is NC(=O)CC(NC(=O)C(Cc1ccccc1)NC(=O)C(N)Cc1ccccc1)C(=O)NCC(=O)O. The van der Waals surface area contributed by atoms with E-state index in [0.29, 0.717) is 0 Å². The third kappa shape index (κ3) is 9.64. The van der Waals surface area contributed by atoms with Crippen LogP contribution in [0.2, 0.25) is 0 Å². The minimum atomic E-state index is -1.42. The number of primary amides is 1. The fraction of sp³-hybridized carbons (Fsp3) is 0.292. The van der Waals surface area contributed by atoms with Gasteiger partial charge in [0.25, 0.3) is 0 Å². The number of nitrogens with two attached hydrogens (primary N) is 2. The van der Waals surface area contributed by atoms with Gasteiger partial charge in [0.05, 0.1) is 12.5 Å². The zero-order valence-electron chi connectivity index (χ0n) is 19.0. The van der Waals surface area contributed by atoms with Crippen molar-refractivity contribution in [2.45, 2.75) is 37.4 Å². The van der Waals surface area contributed by atoms with Gasteiger partial charge in [-0.05, 0) is 17.5 Å². The van der Waals surface area contributed by atoms with E-state index >= 15 is 0 Å². The van der Waals surface area contributed by atoms with Gasteiger partial charge in [-0.2, -0.15) is 0 Å². The van der Waals surface area contributed by atoms with E-state index in [1.54, 1.807) is 30.3 Å². The molecule has 0 aliphatic heterocycles. The number of hydrogen-bond acceptors (Lipinski definition) is 6. The van der Waals surface area contributed by atoms with Crippen molar-refractivity contribution in [1.29, 1.82) is 0 Å². The lowest BCUT2D eigenvalue weighted by atomic mass is 10.0. The van der Waals surface area contributed by atoms with E-state index in [9.17, 15) is 24.0 Å². The largest absolute Gasteiger partial charge is 0.480 e. The summed E-state index contributed by atoms with van der Waals surface area (Å²) in [5, 5.41) is 15.9. The third-order valence-electron chi connectivity index (χ3n) is 5.00. The Morgan fingerprint density at radius 1 is 0.743 bits per heavy atom. The van der Waals surface area contributed by atoms with Crippen LogP contribution in [0.5, 0.6) is 0 Å². The molecule has 35 heavy (non-hydrogen) atoms. The van der Waals surface area contributed by atoms with Gasteiger partial charge in [-0.25, -0.2) is 0 Å². The van der Waals surface area contributed by atoms with E-state index < -0.39 is 60.7 Å². The fourth-order valence-corrected chi connectivity index (χ4v) is 3.27. The van der Waals surface area contributed by atoms with Crippen molar-refractivity contribution >= 4 is 29.6 Å². The Morgan fingerprint density at radius 3 is 1.77 bits per heavy atom. The van der Waals surface area contributed by atoms with Crippen molar-refractivity contribution in [3.63, 3.8) is 0 Å². The van der Waals surface area contributed by atoms with Crippen LogP contribution in [0.15, 0.2) is 60.7 Å². The molecule has 11 heteroatoms. The monoisotopic (exact) mass is 483 g/mol. The topological polar surface area (TPSA) is 194 Å². The average Bonchev–Trinajstić information content (AvgIpc) is 2.82. The van der Waals surface area contributed by atoms with Gasteiger partial charge < -0.3 is 32.5 Å². The van der Waals surface area contributed by atoms with E-state index in [0.717, 1.165) is 11.1 Å². The summed E-state index contributed by atoms with van der Waals surface area (Å²) in [7, 11) is 0. The van der Waals surface area contributed by atoms with Gasteiger partial charge in [-0.1, -0.05) is 60.7 Å². The quantitative estimate of drug-likeness (QED) is 0.207. The number of benzene rings is 2. The summed E-state index contributed by atoms with van der Waals surface area (Å²) in [6.45, 7) is -0.706. The predicted octanol–water partition coefficient (Wildman–Crippen LogP) is -1.16. The Labute approximate surface area is 202 Å². The molecule has 8 N–H and O–H groups in total. The molecule has 2 aromatic rings. The van der Waals surface area contributed by atoms with E-state index in [1.807, 2.05) is 30.3 Å². The lowest BCUT2D eigenvalue weighted by Gasteiger charge is -2.24.